The van der Waals surface area contributed by atoms with E-state index in [-0.39, 0.29) is 5.60 Å². The van der Waals surface area contributed by atoms with E-state index in [1.165, 1.54) is 38.5 Å². The molecule has 0 saturated heterocycles. The van der Waals surface area contributed by atoms with Crippen LogP contribution in [0, 0.1) is 5.92 Å². The van der Waals surface area contributed by atoms with Crippen molar-refractivity contribution in [3.63, 3.8) is 0 Å². The van der Waals surface area contributed by atoms with Crippen molar-refractivity contribution < 1.29 is 9.47 Å². The van der Waals surface area contributed by atoms with E-state index in [1.54, 1.807) is 0 Å². The highest BCUT2D eigenvalue weighted by Gasteiger charge is 2.30. The molecule has 1 fully saturated rings. The summed E-state index contributed by atoms with van der Waals surface area (Å²) in [4.78, 5) is 0. The molecule has 0 aromatic carbocycles. The SMILES string of the molecule is CC(C)COCCOC1(CBr)CCCCCC1. The van der Waals surface area contributed by atoms with Gasteiger partial charge in [0.25, 0.3) is 0 Å². The van der Waals surface area contributed by atoms with Gasteiger partial charge in [-0.15, -0.1) is 0 Å². The lowest BCUT2D eigenvalue weighted by molar-refractivity contribution is -0.0631. The number of alkyl halides is 1. The van der Waals surface area contributed by atoms with Crippen LogP contribution in [0.4, 0.5) is 0 Å². The second kappa shape index (κ2) is 8.49. The monoisotopic (exact) mass is 306 g/mol. The smallest absolute Gasteiger partial charge is 0.0780 e. The van der Waals surface area contributed by atoms with E-state index < -0.39 is 0 Å². The minimum atomic E-state index is 0.0810. The second-order valence-corrected chi connectivity index (χ2v) is 6.11. The maximum absolute atomic E-state index is 6.11. The molecule has 17 heavy (non-hydrogen) atoms. The first-order valence-corrected chi connectivity index (χ1v) is 8.08. The summed E-state index contributed by atoms with van der Waals surface area (Å²) in [6.07, 6.45) is 7.73. The van der Waals surface area contributed by atoms with Crippen molar-refractivity contribution in [1.82, 2.24) is 0 Å². The molecule has 0 aromatic rings. The predicted molar refractivity (Wildman–Crippen MR) is 75.8 cm³/mol. The van der Waals surface area contributed by atoms with Crippen molar-refractivity contribution in [2.45, 2.75) is 58.0 Å². The van der Waals surface area contributed by atoms with Crippen molar-refractivity contribution in [2.75, 3.05) is 25.2 Å². The maximum Gasteiger partial charge on any atom is 0.0780 e. The van der Waals surface area contributed by atoms with Crippen LogP contribution in [0.3, 0.4) is 0 Å². The summed E-state index contributed by atoms with van der Waals surface area (Å²) in [7, 11) is 0. The highest BCUT2D eigenvalue weighted by atomic mass is 79.9. The molecule has 0 amide bonds. The van der Waals surface area contributed by atoms with Gasteiger partial charge in [-0.3, -0.25) is 0 Å². The van der Waals surface area contributed by atoms with Gasteiger partial charge in [0.2, 0.25) is 0 Å². The van der Waals surface area contributed by atoms with E-state index in [0.717, 1.165) is 25.2 Å². The maximum atomic E-state index is 6.11. The molecule has 0 radical (unpaired) electrons. The lowest BCUT2D eigenvalue weighted by Crippen LogP contribution is -2.35. The Hall–Kier alpha value is 0.400. The van der Waals surface area contributed by atoms with Crippen molar-refractivity contribution in [3.8, 4) is 0 Å². The van der Waals surface area contributed by atoms with Gasteiger partial charge in [0.1, 0.15) is 0 Å². The van der Waals surface area contributed by atoms with Gasteiger partial charge in [-0.25, -0.2) is 0 Å². The van der Waals surface area contributed by atoms with Crippen molar-refractivity contribution in [3.05, 3.63) is 0 Å². The van der Waals surface area contributed by atoms with Crippen LogP contribution in [0.15, 0.2) is 0 Å². The summed E-state index contributed by atoms with van der Waals surface area (Å²) in [5, 5.41) is 0.962. The molecule has 0 atom stereocenters. The van der Waals surface area contributed by atoms with Crippen LogP contribution in [-0.4, -0.2) is 30.8 Å². The zero-order valence-corrected chi connectivity index (χ0v) is 12.9. The molecule has 0 aliphatic heterocycles. The molecule has 0 spiro atoms. The molecule has 0 heterocycles. The Labute approximate surface area is 115 Å². The quantitative estimate of drug-likeness (QED) is 0.399. The van der Waals surface area contributed by atoms with Crippen LogP contribution in [0.1, 0.15) is 52.4 Å². The molecule has 1 rings (SSSR count). The molecule has 3 heteroatoms. The van der Waals surface area contributed by atoms with Crippen molar-refractivity contribution >= 4 is 15.9 Å². The first-order valence-electron chi connectivity index (χ1n) is 6.96. The largest absolute Gasteiger partial charge is 0.379 e. The molecular weight excluding hydrogens is 280 g/mol. The highest BCUT2D eigenvalue weighted by Crippen LogP contribution is 2.32. The summed E-state index contributed by atoms with van der Waals surface area (Å²) in [6, 6.07) is 0. The molecule has 2 nitrogen and oxygen atoms in total. The third-order valence-electron chi connectivity index (χ3n) is 3.35. The Balaban J connectivity index is 2.20. The minimum absolute atomic E-state index is 0.0810. The Kier molecular flexibility index (Phi) is 7.72. The average molecular weight is 307 g/mol. The average Bonchev–Trinajstić information content (AvgIpc) is 2.54. The number of ether oxygens (including phenoxy) is 2. The zero-order valence-electron chi connectivity index (χ0n) is 11.3. The van der Waals surface area contributed by atoms with Crippen LogP contribution >= 0.6 is 15.9 Å². The van der Waals surface area contributed by atoms with E-state index in [4.69, 9.17) is 9.47 Å². The van der Waals surface area contributed by atoms with Crippen molar-refractivity contribution in [2.24, 2.45) is 5.92 Å². The minimum Gasteiger partial charge on any atom is -0.379 e. The molecule has 1 aliphatic carbocycles. The number of halogens is 1. The fraction of sp³-hybridized carbons (Fsp3) is 1.00. The Morgan fingerprint density at radius 3 is 2.24 bits per heavy atom. The molecule has 0 N–H and O–H groups in total. The lowest BCUT2D eigenvalue weighted by Gasteiger charge is -2.31. The molecule has 1 aliphatic rings. The van der Waals surface area contributed by atoms with E-state index in [2.05, 4.69) is 29.8 Å². The second-order valence-electron chi connectivity index (χ2n) is 5.55. The van der Waals surface area contributed by atoms with Crippen molar-refractivity contribution in [1.29, 1.82) is 0 Å². The van der Waals surface area contributed by atoms with Crippen LogP contribution in [0.5, 0.6) is 0 Å². The predicted octanol–water partition coefficient (Wildman–Crippen LogP) is 4.16. The molecule has 0 unspecified atom stereocenters. The van der Waals surface area contributed by atoms with E-state index in [9.17, 15) is 0 Å². The Bertz CT molecular complexity index is 187. The summed E-state index contributed by atoms with van der Waals surface area (Å²) in [5.41, 5.74) is 0.0810. The van der Waals surface area contributed by atoms with E-state index in [1.807, 2.05) is 0 Å². The van der Waals surface area contributed by atoms with Crippen LogP contribution in [0.25, 0.3) is 0 Å². The van der Waals surface area contributed by atoms with Gasteiger partial charge < -0.3 is 9.47 Å². The summed E-state index contributed by atoms with van der Waals surface area (Å²) >= 11 is 3.63. The van der Waals surface area contributed by atoms with Gasteiger partial charge in [-0.05, 0) is 18.8 Å². The zero-order chi connectivity index (χ0) is 12.6. The van der Waals surface area contributed by atoms with Gasteiger partial charge in [0.15, 0.2) is 0 Å². The Morgan fingerprint density at radius 2 is 1.71 bits per heavy atom. The molecule has 0 bridgehead atoms. The van der Waals surface area contributed by atoms with Crippen LogP contribution in [0.2, 0.25) is 0 Å². The fourth-order valence-corrected chi connectivity index (χ4v) is 3.05. The number of hydrogen-bond donors (Lipinski definition) is 0. The first kappa shape index (κ1) is 15.5. The van der Waals surface area contributed by atoms with Gasteiger partial charge in [-0.1, -0.05) is 55.5 Å². The van der Waals surface area contributed by atoms with Crippen LogP contribution in [-0.2, 0) is 9.47 Å². The van der Waals surface area contributed by atoms with Gasteiger partial charge in [0.05, 0.1) is 18.8 Å². The standard InChI is InChI=1S/C14H27BrO2/c1-13(2)11-16-9-10-17-14(12-15)7-5-3-4-6-8-14/h13H,3-12H2,1-2H3. The summed E-state index contributed by atoms with van der Waals surface area (Å²) in [6.45, 7) is 6.65. The molecular formula is C14H27BrO2. The van der Waals surface area contributed by atoms with Gasteiger partial charge in [-0.2, -0.15) is 0 Å². The highest BCUT2D eigenvalue weighted by molar-refractivity contribution is 9.09. The fourth-order valence-electron chi connectivity index (χ4n) is 2.33. The number of rotatable bonds is 7. The number of hydrogen-bond acceptors (Lipinski definition) is 2. The molecule has 0 aromatic heterocycles. The topological polar surface area (TPSA) is 18.5 Å². The Morgan fingerprint density at radius 1 is 1.06 bits per heavy atom. The van der Waals surface area contributed by atoms with Crippen LogP contribution < -0.4 is 0 Å². The summed E-state index contributed by atoms with van der Waals surface area (Å²) in [5.74, 6) is 0.609. The van der Waals surface area contributed by atoms with Gasteiger partial charge >= 0.3 is 0 Å². The lowest BCUT2D eigenvalue weighted by atomic mass is 9.97. The summed E-state index contributed by atoms with van der Waals surface area (Å²) < 4.78 is 11.7. The normalized spacial score (nSPS) is 20.5. The van der Waals surface area contributed by atoms with E-state index >= 15 is 0 Å². The third-order valence-corrected chi connectivity index (χ3v) is 4.37. The molecule has 1 saturated carbocycles. The third kappa shape index (κ3) is 6.21. The molecule has 102 valence electrons. The van der Waals surface area contributed by atoms with Gasteiger partial charge in [0, 0.05) is 11.9 Å². The van der Waals surface area contributed by atoms with E-state index in [0.29, 0.717) is 5.92 Å². The first-order chi connectivity index (χ1) is 8.18.